The van der Waals surface area contributed by atoms with Gasteiger partial charge in [-0.15, -0.1) is 0 Å². The summed E-state index contributed by atoms with van der Waals surface area (Å²) in [5.74, 6) is 0. The molecule has 1 saturated heterocycles. The first-order chi connectivity index (χ1) is 10.2. The monoisotopic (exact) mass is 284 g/mol. The lowest BCUT2D eigenvalue weighted by Crippen LogP contribution is -2.37. The van der Waals surface area contributed by atoms with Crippen molar-refractivity contribution < 1.29 is 0 Å². The number of aromatic nitrogens is 1. The molecule has 4 nitrogen and oxygen atoms in total. The molecule has 0 radical (unpaired) electrons. The van der Waals surface area contributed by atoms with Gasteiger partial charge < -0.3 is 10.6 Å². The molecule has 1 unspecified atom stereocenters. The van der Waals surface area contributed by atoms with Crippen molar-refractivity contribution in [2.24, 2.45) is 0 Å². The van der Waals surface area contributed by atoms with E-state index < -0.39 is 0 Å². The molecule has 2 N–H and O–H groups in total. The number of rotatable bonds is 4. The number of fused-ring (bicyclic) bond motifs is 1. The Morgan fingerprint density at radius 3 is 2.86 bits per heavy atom. The Balaban J connectivity index is 1.87. The molecule has 3 rings (SSSR count). The summed E-state index contributed by atoms with van der Waals surface area (Å²) in [7, 11) is 0. The van der Waals surface area contributed by atoms with E-state index in [1.165, 1.54) is 12.1 Å². The Labute approximate surface area is 126 Å². The van der Waals surface area contributed by atoms with Gasteiger partial charge in [0.25, 0.3) is 0 Å². The van der Waals surface area contributed by atoms with Crippen LogP contribution in [-0.4, -0.2) is 42.1 Å². The van der Waals surface area contributed by atoms with Crippen molar-refractivity contribution in [1.29, 1.82) is 0 Å². The summed E-state index contributed by atoms with van der Waals surface area (Å²) >= 11 is 0. The molecule has 1 fully saturated rings. The minimum absolute atomic E-state index is 0.646. The first kappa shape index (κ1) is 14.1. The van der Waals surface area contributed by atoms with Crippen molar-refractivity contribution in [3.63, 3.8) is 0 Å². The number of nitrogens with zero attached hydrogens (tertiary/aromatic N) is 3. The lowest BCUT2D eigenvalue weighted by molar-refractivity contribution is 0.232. The van der Waals surface area contributed by atoms with Crippen molar-refractivity contribution in [3.8, 4) is 0 Å². The number of benzene rings is 1. The van der Waals surface area contributed by atoms with Gasteiger partial charge in [-0.3, -0.25) is 9.88 Å². The van der Waals surface area contributed by atoms with Crippen LogP contribution in [0.3, 0.4) is 0 Å². The summed E-state index contributed by atoms with van der Waals surface area (Å²) in [4.78, 5) is 9.13. The molecule has 0 amide bonds. The van der Waals surface area contributed by atoms with E-state index in [-0.39, 0.29) is 0 Å². The smallest absolute Gasteiger partial charge is 0.0632 e. The second-order valence-corrected chi connectivity index (χ2v) is 5.70. The SMILES string of the molecule is CCN(CC)C1CCN(c2ccc3cnccc3c2N)C1. The maximum absolute atomic E-state index is 6.40. The third-order valence-electron chi connectivity index (χ3n) is 4.67. The maximum Gasteiger partial charge on any atom is 0.0632 e. The van der Waals surface area contributed by atoms with Crippen LogP contribution in [0.2, 0.25) is 0 Å². The second-order valence-electron chi connectivity index (χ2n) is 5.70. The molecule has 4 heteroatoms. The highest BCUT2D eigenvalue weighted by Crippen LogP contribution is 2.33. The first-order valence-electron chi connectivity index (χ1n) is 7.85. The van der Waals surface area contributed by atoms with Crippen LogP contribution in [0.5, 0.6) is 0 Å². The van der Waals surface area contributed by atoms with Crippen LogP contribution < -0.4 is 10.6 Å². The number of nitrogen functional groups attached to an aromatic ring is 1. The van der Waals surface area contributed by atoms with Crippen LogP contribution in [0.15, 0.2) is 30.6 Å². The van der Waals surface area contributed by atoms with Gasteiger partial charge >= 0.3 is 0 Å². The van der Waals surface area contributed by atoms with E-state index in [1.807, 2.05) is 18.5 Å². The van der Waals surface area contributed by atoms with E-state index in [2.05, 4.69) is 40.8 Å². The molecule has 0 spiro atoms. The summed E-state index contributed by atoms with van der Waals surface area (Å²) in [6, 6.07) is 6.92. The van der Waals surface area contributed by atoms with E-state index in [9.17, 15) is 0 Å². The highest BCUT2D eigenvalue weighted by atomic mass is 15.3. The molecule has 2 heterocycles. The highest BCUT2D eigenvalue weighted by molar-refractivity contribution is 5.98. The predicted octanol–water partition coefficient (Wildman–Crippen LogP) is 2.74. The Morgan fingerprint density at radius 2 is 2.10 bits per heavy atom. The standard InChI is InChI=1S/C17H24N4/c1-3-20(4-2)14-8-10-21(12-14)16-6-5-13-11-19-9-7-15(13)17(16)18/h5-7,9,11,14H,3-4,8,10,12,18H2,1-2H3. The normalized spacial score (nSPS) is 18.8. The fraction of sp³-hybridized carbons (Fsp3) is 0.471. The third kappa shape index (κ3) is 2.56. The van der Waals surface area contributed by atoms with Gasteiger partial charge in [0.05, 0.1) is 11.4 Å². The second kappa shape index (κ2) is 5.90. The summed E-state index contributed by atoms with van der Waals surface area (Å²) in [6.45, 7) is 8.87. The number of pyridine rings is 1. The summed E-state index contributed by atoms with van der Waals surface area (Å²) in [6.07, 6.45) is 4.90. The number of likely N-dealkylation sites (N-methyl/N-ethyl adjacent to an activating group) is 1. The largest absolute Gasteiger partial charge is 0.397 e. The van der Waals surface area contributed by atoms with Gasteiger partial charge in [0.1, 0.15) is 0 Å². The molecule has 1 aromatic heterocycles. The lowest BCUT2D eigenvalue weighted by atomic mass is 10.1. The molecular formula is C17H24N4. The van der Waals surface area contributed by atoms with Gasteiger partial charge in [0, 0.05) is 42.3 Å². The van der Waals surface area contributed by atoms with Crippen LogP contribution in [0.4, 0.5) is 11.4 Å². The van der Waals surface area contributed by atoms with Gasteiger partial charge in [-0.2, -0.15) is 0 Å². The van der Waals surface area contributed by atoms with E-state index in [0.29, 0.717) is 6.04 Å². The Morgan fingerprint density at radius 1 is 1.29 bits per heavy atom. The maximum atomic E-state index is 6.40. The molecule has 0 saturated carbocycles. The van der Waals surface area contributed by atoms with Gasteiger partial charge in [-0.05, 0) is 31.6 Å². The summed E-state index contributed by atoms with van der Waals surface area (Å²) < 4.78 is 0. The quantitative estimate of drug-likeness (QED) is 0.877. The van der Waals surface area contributed by atoms with Crippen LogP contribution in [0.25, 0.3) is 10.8 Å². The summed E-state index contributed by atoms with van der Waals surface area (Å²) in [5, 5.41) is 2.21. The summed E-state index contributed by atoms with van der Waals surface area (Å²) in [5.41, 5.74) is 8.46. The molecule has 1 aromatic carbocycles. The van der Waals surface area contributed by atoms with Crippen molar-refractivity contribution in [3.05, 3.63) is 30.6 Å². The molecule has 1 atom stereocenters. The van der Waals surface area contributed by atoms with E-state index >= 15 is 0 Å². The van der Waals surface area contributed by atoms with Crippen molar-refractivity contribution in [2.45, 2.75) is 26.3 Å². The van der Waals surface area contributed by atoms with Gasteiger partial charge in [-0.25, -0.2) is 0 Å². The molecule has 112 valence electrons. The molecular weight excluding hydrogens is 260 g/mol. The van der Waals surface area contributed by atoms with Gasteiger partial charge in [0.2, 0.25) is 0 Å². The molecule has 1 aliphatic heterocycles. The van der Waals surface area contributed by atoms with Crippen LogP contribution in [0, 0.1) is 0 Å². The molecule has 0 bridgehead atoms. The topological polar surface area (TPSA) is 45.4 Å². The van der Waals surface area contributed by atoms with Crippen molar-refractivity contribution in [2.75, 3.05) is 36.8 Å². The number of nitrogens with two attached hydrogens (primary N) is 1. The zero-order valence-corrected chi connectivity index (χ0v) is 12.9. The lowest BCUT2D eigenvalue weighted by Gasteiger charge is -2.27. The minimum atomic E-state index is 0.646. The Kier molecular flexibility index (Phi) is 3.97. The average molecular weight is 284 g/mol. The fourth-order valence-corrected chi connectivity index (χ4v) is 3.46. The van der Waals surface area contributed by atoms with Crippen LogP contribution in [-0.2, 0) is 0 Å². The predicted molar refractivity (Wildman–Crippen MR) is 89.7 cm³/mol. The molecule has 2 aromatic rings. The number of anilines is 2. The zero-order valence-electron chi connectivity index (χ0n) is 12.9. The first-order valence-corrected chi connectivity index (χ1v) is 7.85. The van der Waals surface area contributed by atoms with Gasteiger partial charge in [-0.1, -0.05) is 19.9 Å². The fourth-order valence-electron chi connectivity index (χ4n) is 3.46. The van der Waals surface area contributed by atoms with Crippen LogP contribution >= 0.6 is 0 Å². The Hall–Kier alpha value is -1.81. The van der Waals surface area contributed by atoms with Gasteiger partial charge in [0.15, 0.2) is 0 Å². The van der Waals surface area contributed by atoms with Crippen molar-refractivity contribution >= 4 is 22.1 Å². The van der Waals surface area contributed by atoms with E-state index in [1.54, 1.807) is 0 Å². The Bertz CT molecular complexity index is 621. The van der Waals surface area contributed by atoms with E-state index in [0.717, 1.165) is 42.6 Å². The van der Waals surface area contributed by atoms with Crippen LogP contribution in [0.1, 0.15) is 20.3 Å². The third-order valence-corrected chi connectivity index (χ3v) is 4.67. The molecule has 21 heavy (non-hydrogen) atoms. The zero-order chi connectivity index (χ0) is 14.8. The molecule has 1 aliphatic rings. The van der Waals surface area contributed by atoms with Crippen molar-refractivity contribution in [1.82, 2.24) is 9.88 Å². The van der Waals surface area contributed by atoms with E-state index in [4.69, 9.17) is 5.73 Å². The average Bonchev–Trinajstić information content (AvgIpc) is 2.99. The number of hydrogen-bond acceptors (Lipinski definition) is 4. The molecule has 0 aliphatic carbocycles. The number of hydrogen-bond donors (Lipinski definition) is 1. The minimum Gasteiger partial charge on any atom is -0.397 e. The highest BCUT2D eigenvalue weighted by Gasteiger charge is 2.27.